The molecule has 2 rings (SSSR count). The molecule has 2 N–H and O–H groups in total. The van der Waals surface area contributed by atoms with Crippen LogP contribution in [0.3, 0.4) is 0 Å². The monoisotopic (exact) mass is 222 g/mol. The molecule has 2 unspecified atom stereocenters. The minimum atomic E-state index is -0.326. The Balaban J connectivity index is 2.00. The van der Waals surface area contributed by atoms with E-state index in [0.29, 0.717) is 11.5 Å². The van der Waals surface area contributed by atoms with E-state index in [2.05, 4.69) is 17.6 Å². The number of amides is 1. The second-order valence-corrected chi connectivity index (χ2v) is 4.22. The van der Waals surface area contributed by atoms with E-state index in [1.54, 1.807) is 0 Å². The first-order valence-electron chi connectivity index (χ1n) is 5.44. The molecule has 0 aromatic heterocycles. The van der Waals surface area contributed by atoms with Crippen LogP contribution in [0.5, 0.6) is 0 Å². The molecule has 0 bridgehead atoms. The second kappa shape index (κ2) is 4.61. The van der Waals surface area contributed by atoms with Crippen molar-refractivity contribution in [1.29, 1.82) is 0 Å². The average molecular weight is 222 g/mol. The molecule has 1 saturated heterocycles. The number of benzene rings is 1. The van der Waals surface area contributed by atoms with Gasteiger partial charge in [-0.2, -0.15) is 0 Å². The van der Waals surface area contributed by atoms with Gasteiger partial charge in [-0.3, -0.25) is 4.79 Å². The number of halogens is 1. The van der Waals surface area contributed by atoms with E-state index in [1.807, 2.05) is 0 Å². The van der Waals surface area contributed by atoms with Crippen molar-refractivity contribution < 1.29 is 9.18 Å². The molecule has 86 valence electrons. The summed E-state index contributed by atoms with van der Waals surface area (Å²) in [5, 5.41) is 6.15. The smallest absolute Gasteiger partial charge is 0.251 e. The number of nitrogens with one attached hydrogen (secondary N) is 2. The van der Waals surface area contributed by atoms with Crippen LogP contribution in [0.25, 0.3) is 0 Å². The average Bonchev–Trinajstić information content (AvgIpc) is 2.65. The van der Waals surface area contributed by atoms with Gasteiger partial charge in [-0.05, 0) is 36.7 Å². The fraction of sp³-hybridized carbons (Fsp3) is 0.417. The molecular weight excluding hydrogens is 207 g/mol. The zero-order valence-corrected chi connectivity index (χ0v) is 9.16. The van der Waals surface area contributed by atoms with Gasteiger partial charge in [-0.25, -0.2) is 4.39 Å². The minimum Gasteiger partial charge on any atom is -0.348 e. The van der Waals surface area contributed by atoms with Crippen molar-refractivity contribution in [2.24, 2.45) is 5.92 Å². The molecule has 1 heterocycles. The molecule has 1 fully saturated rings. The van der Waals surface area contributed by atoms with Crippen molar-refractivity contribution in [2.75, 3.05) is 13.1 Å². The molecular formula is C12H15FN2O. The number of hydrogen-bond donors (Lipinski definition) is 2. The lowest BCUT2D eigenvalue weighted by molar-refractivity contribution is 0.0933. The van der Waals surface area contributed by atoms with Crippen molar-refractivity contribution in [3.8, 4) is 0 Å². The first kappa shape index (κ1) is 11.1. The highest BCUT2D eigenvalue weighted by Crippen LogP contribution is 2.09. The highest BCUT2D eigenvalue weighted by atomic mass is 19.1. The van der Waals surface area contributed by atoms with E-state index in [0.717, 1.165) is 13.1 Å². The summed E-state index contributed by atoms with van der Waals surface area (Å²) in [6.07, 6.45) is 0. The topological polar surface area (TPSA) is 41.1 Å². The SMILES string of the molecule is CC1CNCC1NC(=O)c1ccc(F)cc1. The molecule has 1 aromatic carbocycles. The summed E-state index contributed by atoms with van der Waals surface area (Å²) in [4.78, 5) is 11.8. The number of rotatable bonds is 2. The molecule has 1 aliphatic heterocycles. The van der Waals surface area contributed by atoms with Gasteiger partial charge in [-0.1, -0.05) is 6.92 Å². The first-order chi connectivity index (χ1) is 7.66. The van der Waals surface area contributed by atoms with Gasteiger partial charge in [0.05, 0.1) is 0 Å². The van der Waals surface area contributed by atoms with Gasteiger partial charge in [-0.15, -0.1) is 0 Å². The Morgan fingerprint density at radius 2 is 2.06 bits per heavy atom. The molecule has 4 heteroatoms. The standard InChI is InChI=1S/C12H15FN2O/c1-8-6-14-7-11(8)15-12(16)9-2-4-10(13)5-3-9/h2-5,8,11,14H,6-7H2,1H3,(H,15,16). The van der Waals surface area contributed by atoms with Crippen LogP contribution in [0, 0.1) is 11.7 Å². The lowest BCUT2D eigenvalue weighted by Gasteiger charge is -2.16. The number of carbonyl (C=O) groups is 1. The van der Waals surface area contributed by atoms with Gasteiger partial charge >= 0.3 is 0 Å². The van der Waals surface area contributed by atoms with E-state index in [4.69, 9.17) is 0 Å². The van der Waals surface area contributed by atoms with Crippen LogP contribution >= 0.6 is 0 Å². The molecule has 0 saturated carbocycles. The molecule has 0 radical (unpaired) electrons. The Labute approximate surface area is 94.0 Å². The molecule has 1 amide bonds. The van der Waals surface area contributed by atoms with E-state index < -0.39 is 0 Å². The largest absolute Gasteiger partial charge is 0.348 e. The van der Waals surface area contributed by atoms with Crippen LogP contribution in [-0.2, 0) is 0 Å². The summed E-state index contributed by atoms with van der Waals surface area (Å²) in [7, 11) is 0. The van der Waals surface area contributed by atoms with Gasteiger partial charge < -0.3 is 10.6 Å². The van der Waals surface area contributed by atoms with Crippen LogP contribution in [0.1, 0.15) is 17.3 Å². The molecule has 1 aliphatic rings. The van der Waals surface area contributed by atoms with Crippen LogP contribution in [0.2, 0.25) is 0 Å². The molecule has 0 aliphatic carbocycles. The van der Waals surface area contributed by atoms with Crippen LogP contribution in [-0.4, -0.2) is 25.0 Å². The first-order valence-corrected chi connectivity index (χ1v) is 5.44. The Morgan fingerprint density at radius 3 is 2.62 bits per heavy atom. The van der Waals surface area contributed by atoms with Crippen molar-refractivity contribution >= 4 is 5.91 Å². The van der Waals surface area contributed by atoms with Crippen LogP contribution in [0.15, 0.2) is 24.3 Å². The van der Waals surface area contributed by atoms with E-state index in [-0.39, 0.29) is 17.8 Å². The zero-order chi connectivity index (χ0) is 11.5. The molecule has 1 aromatic rings. The van der Waals surface area contributed by atoms with Gasteiger partial charge in [0.25, 0.3) is 5.91 Å². The van der Waals surface area contributed by atoms with E-state index >= 15 is 0 Å². The Morgan fingerprint density at radius 1 is 1.38 bits per heavy atom. The van der Waals surface area contributed by atoms with Crippen LogP contribution < -0.4 is 10.6 Å². The summed E-state index contributed by atoms with van der Waals surface area (Å²) in [5.74, 6) is -0.0302. The van der Waals surface area contributed by atoms with Crippen molar-refractivity contribution in [3.05, 3.63) is 35.6 Å². The third kappa shape index (κ3) is 2.39. The fourth-order valence-corrected chi connectivity index (χ4v) is 1.86. The Bertz CT molecular complexity index is 377. The van der Waals surface area contributed by atoms with Crippen molar-refractivity contribution in [2.45, 2.75) is 13.0 Å². The predicted octanol–water partition coefficient (Wildman–Crippen LogP) is 1.16. The highest BCUT2D eigenvalue weighted by molar-refractivity contribution is 5.94. The maximum Gasteiger partial charge on any atom is 0.251 e. The van der Waals surface area contributed by atoms with Gasteiger partial charge in [0.1, 0.15) is 5.82 Å². The number of hydrogen-bond acceptors (Lipinski definition) is 2. The maximum atomic E-state index is 12.7. The maximum absolute atomic E-state index is 12.7. The zero-order valence-electron chi connectivity index (χ0n) is 9.16. The van der Waals surface area contributed by atoms with E-state index in [9.17, 15) is 9.18 Å². The van der Waals surface area contributed by atoms with Crippen molar-refractivity contribution in [3.63, 3.8) is 0 Å². The predicted molar refractivity (Wildman–Crippen MR) is 59.7 cm³/mol. The quantitative estimate of drug-likeness (QED) is 0.788. The molecule has 16 heavy (non-hydrogen) atoms. The molecule has 3 nitrogen and oxygen atoms in total. The van der Waals surface area contributed by atoms with Gasteiger partial charge in [0.2, 0.25) is 0 Å². The third-order valence-corrected chi connectivity index (χ3v) is 2.94. The van der Waals surface area contributed by atoms with Gasteiger partial charge in [0, 0.05) is 18.2 Å². The van der Waals surface area contributed by atoms with Crippen molar-refractivity contribution in [1.82, 2.24) is 10.6 Å². The minimum absolute atomic E-state index is 0.138. The lowest BCUT2D eigenvalue weighted by atomic mass is 10.1. The molecule has 2 atom stereocenters. The summed E-state index contributed by atoms with van der Waals surface area (Å²) < 4.78 is 12.7. The normalized spacial score (nSPS) is 24.4. The second-order valence-electron chi connectivity index (χ2n) is 4.22. The fourth-order valence-electron chi connectivity index (χ4n) is 1.86. The lowest BCUT2D eigenvalue weighted by Crippen LogP contribution is -2.39. The van der Waals surface area contributed by atoms with E-state index in [1.165, 1.54) is 24.3 Å². The van der Waals surface area contributed by atoms with Crippen LogP contribution in [0.4, 0.5) is 4.39 Å². The Hall–Kier alpha value is -1.42. The van der Waals surface area contributed by atoms with Gasteiger partial charge in [0.15, 0.2) is 0 Å². The highest BCUT2D eigenvalue weighted by Gasteiger charge is 2.24. The Kier molecular flexibility index (Phi) is 3.19. The summed E-state index contributed by atoms with van der Waals surface area (Å²) in [6.45, 7) is 3.82. The summed E-state index contributed by atoms with van der Waals surface area (Å²) in [5.41, 5.74) is 0.500. The third-order valence-electron chi connectivity index (χ3n) is 2.94. The molecule has 0 spiro atoms. The summed E-state index contributed by atoms with van der Waals surface area (Å²) in [6, 6.07) is 5.75. The number of carbonyl (C=O) groups excluding carboxylic acids is 1. The summed E-state index contributed by atoms with van der Waals surface area (Å²) >= 11 is 0.